The summed E-state index contributed by atoms with van der Waals surface area (Å²) in [7, 11) is 0. The molecule has 1 fully saturated rings. The van der Waals surface area contributed by atoms with Gasteiger partial charge in [0, 0.05) is 12.5 Å². The largest absolute Gasteiger partial charge is 0.396 e. The van der Waals surface area contributed by atoms with E-state index in [2.05, 4.69) is 15.5 Å². The predicted molar refractivity (Wildman–Crippen MR) is 57.2 cm³/mol. The maximum Gasteiger partial charge on any atom is 0.321 e. The topological polar surface area (TPSA) is 80.4 Å². The molecule has 1 aliphatic heterocycles. The van der Waals surface area contributed by atoms with Crippen LogP contribution in [0.2, 0.25) is 0 Å². The molecule has 2 heterocycles. The van der Waals surface area contributed by atoms with Crippen molar-refractivity contribution in [2.45, 2.75) is 19.8 Å². The molecule has 0 aliphatic carbocycles. The quantitative estimate of drug-likeness (QED) is 0.767. The fourth-order valence-corrected chi connectivity index (χ4v) is 1.44. The third-order valence-corrected chi connectivity index (χ3v) is 2.72. The maximum absolute atomic E-state index is 9.22. The van der Waals surface area contributed by atoms with Gasteiger partial charge in [0.15, 0.2) is 5.82 Å². The normalized spacial score (nSPS) is 18.5. The van der Waals surface area contributed by atoms with Gasteiger partial charge in [0.2, 0.25) is 0 Å². The second-order valence-electron chi connectivity index (χ2n) is 4.62. The van der Waals surface area contributed by atoms with E-state index in [1.54, 1.807) is 0 Å². The van der Waals surface area contributed by atoms with Gasteiger partial charge in [-0.25, -0.2) is 0 Å². The summed E-state index contributed by atoms with van der Waals surface area (Å²) in [5.74, 6) is 0.934. The van der Waals surface area contributed by atoms with Gasteiger partial charge in [-0.05, 0) is 0 Å². The van der Waals surface area contributed by atoms with Crippen molar-refractivity contribution < 1.29 is 14.4 Å². The summed E-state index contributed by atoms with van der Waals surface area (Å²) in [5.41, 5.74) is -0.188. The van der Waals surface area contributed by atoms with Gasteiger partial charge in [0.1, 0.15) is 0 Å². The molecule has 0 aromatic carbocycles. The van der Waals surface area contributed by atoms with Gasteiger partial charge in [0.25, 0.3) is 0 Å². The summed E-state index contributed by atoms with van der Waals surface area (Å²) in [4.78, 5) is 4.19. The zero-order chi connectivity index (χ0) is 11.6. The van der Waals surface area contributed by atoms with Crippen LogP contribution in [0.15, 0.2) is 4.52 Å². The number of nitrogens with zero attached hydrogens (tertiary/aromatic N) is 2. The van der Waals surface area contributed by atoms with Crippen LogP contribution in [0.4, 0.5) is 6.01 Å². The Morgan fingerprint density at radius 3 is 2.69 bits per heavy atom. The molecule has 1 aromatic heterocycles. The van der Waals surface area contributed by atoms with E-state index in [0.717, 1.165) is 0 Å². The van der Waals surface area contributed by atoms with Gasteiger partial charge in [-0.3, -0.25) is 0 Å². The SMILES string of the molecule is CC(C)c1noc(NCC2(CO)COC2)n1. The van der Waals surface area contributed by atoms with Crippen molar-refractivity contribution in [3.8, 4) is 0 Å². The second kappa shape index (κ2) is 4.39. The summed E-state index contributed by atoms with van der Waals surface area (Å²) in [6, 6.07) is 0.406. The first-order valence-electron chi connectivity index (χ1n) is 5.41. The fourth-order valence-electron chi connectivity index (χ4n) is 1.44. The highest BCUT2D eigenvalue weighted by molar-refractivity contribution is 5.20. The number of hydrogen-bond acceptors (Lipinski definition) is 6. The maximum atomic E-state index is 9.22. The van der Waals surface area contributed by atoms with Crippen molar-refractivity contribution >= 4 is 6.01 Å². The molecule has 1 aliphatic rings. The summed E-state index contributed by atoms with van der Waals surface area (Å²) >= 11 is 0. The van der Waals surface area contributed by atoms with Crippen LogP contribution < -0.4 is 5.32 Å². The molecule has 6 nitrogen and oxygen atoms in total. The Labute approximate surface area is 94.0 Å². The van der Waals surface area contributed by atoms with Gasteiger partial charge in [-0.2, -0.15) is 4.98 Å². The number of rotatable bonds is 5. The van der Waals surface area contributed by atoms with Crippen molar-refractivity contribution in [2.24, 2.45) is 5.41 Å². The lowest BCUT2D eigenvalue weighted by Gasteiger charge is -2.39. The average Bonchev–Trinajstić information content (AvgIpc) is 2.65. The molecule has 1 saturated heterocycles. The first kappa shape index (κ1) is 11.3. The third kappa shape index (κ3) is 2.17. The van der Waals surface area contributed by atoms with Crippen molar-refractivity contribution in [2.75, 3.05) is 31.7 Å². The lowest BCUT2D eigenvalue weighted by molar-refractivity contribution is -0.128. The van der Waals surface area contributed by atoms with Crippen molar-refractivity contribution in [3.05, 3.63) is 5.82 Å². The van der Waals surface area contributed by atoms with E-state index in [1.807, 2.05) is 13.8 Å². The summed E-state index contributed by atoms with van der Waals surface area (Å²) in [6.45, 7) is 5.84. The van der Waals surface area contributed by atoms with Crippen LogP contribution >= 0.6 is 0 Å². The van der Waals surface area contributed by atoms with Crippen LogP contribution in [0.25, 0.3) is 0 Å². The van der Waals surface area contributed by atoms with Gasteiger partial charge in [-0.15, -0.1) is 0 Å². The Hall–Kier alpha value is -1.14. The van der Waals surface area contributed by atoms with Gasteiger partial charge in [-0.1, -0.05) is 19.0 Å². The highest BCUT2D eigenvalue weighted by Crippen LogP contribution is 2.27. The van der Waals surface area contributed by atoms with Crippen molar-refractivity contribution in [1.82, 2.24) is 10.1 Å². The molecule has 0 amide bonds. The van der Waals surface area contributed by atoms with Crippen LogP contribution in [0, 0.1) is 5.41 Å². The number of anilines is 1. The minimum atomic E-state index is -0.188. The van der Waals surface area contributed by atoms with Crippen LogP contribution in [0.3, 0.4) is 0 Å². The lowest BCUT2D eigenvalue weighted by Crippen LogP contribution is -2.50. The minimum absolute atomic E-state index is 0.102. The number of aromatic nitrogens is 2. The molecule has 0 radical (unpaired) electrons. The standard InChI is InChI=1S/C10H17N3O3/c1-7(2)8-12-9(16-13-8)11-3-10(4-14)5-15-6-10/h7,14H,3-6H2,1-2H3,(H,11,12,13). The Morgan fingerprint density at radius 2 is 2.25 bits per heavy atom. The van der Waals surface area contributed by atoms with E-state index in [-0.39, 0.29) is 17.9 Å². The molecule has 0 bridgehead atoms. The molecule has 90 valence electrons. The molecule has 0 unspecified atom stereocenters. The Balaban J connectivity index is 1.89. The number of ether oxygens (including phenoxy) is 1. The van der Waals surface area contributed by atoms with Crippen LogP contribution in [-0.2, 0) is 4.74 Å². The van der Waals surface area contributed by atoms with E-state index in [1.165, 1.54) is 0 Å². The molecule has 16 heavy (non-hydrogen) atoms. The first-order valence-corrected chi connectivity index (χ1v) is 5.41. The van der Waals surface area contributed by atoms with Crippen molar-refractivity contribution in [3.63, 3.8) is 0 Å². The molecule has 0 atom stereocenters. The molecule has 0 saturated carbocycles. The van der Waals surface area contributed by atoms with E-state index < -0.39 is 0 Å². The highest BCUT2D eigenvalue weighted by Gasteiger charge is 2.38. The number of aliphatic hydroxyl groups is 1. The Bertz CT molecular complexity index is 341. The van der Waals surface area contributed by atoms with Gasteiger partial charge >= 0.3 is 6.01 Å². The smallest absolute Gasteiger partial charge is 0.321 e. The molecule has 6 heteroatoms. The van der Waals surface area contributed by atoms with E-state index in [0.29, 0.717) is 31.6 Å². The fraction of sp³-hybridized carbons (Fsp3) is 0.800. The lowest BCUT2D eigenvalue weighted by atomic mass is 9.87. The van der Waals surface area contributed by atoms with Crippen molar-refractivity contribution in [1.29, 1.82) is 0 Å². The second-order valence-corrected chi connectivity index (χ2v) is 4.62. The zero-order valence-corrected chi connectivity index (χ0v) is 9.56. The monoisotopic (exact) mass is 227 g/mol. The summed E-state index contributed by atoms with van der Waals surface area (Å²) in [5, 5.41) is 16.1. The molecule has 2 N–H and O–H groups in total. The Kier molecular flexibility index (Phi) is 3.11. The molecule has 0 spiro atoms. The third-order valence-electron chi connectivity index (χ3n) is 2.72. The van der Waals surface area contributed by atoms with E-state index in [4.69, 9.17) is 9.26 Å². The molecular formula is C10H17N3O3. The van der Waals surface area contributed by atoms with Crippen LogP contribution in [0.5, 0.6) is 0 Å². The summed E-state index contributed by atoms with van der Waals surface area (Å²) < 4.78 is 10.1. The first-order chi connectivity index (χ1) is 7.65. The molecular weight excluding hydrogens is 210 g/mol. The van der Waals surface area contributed by atoms with Gasteiger partial charge < -0.3 is 19.7 Å². The summed E-state index contributed by atoms with van der Waals surface area (Å²) in [6.07, 6.45) is 0. The van der Waals surface area contributed by atoms with Crippen LogP contribution in [-0.4, -0.2) is 41.6 Å². The van der Waals surface area contributed by atoms with E-state index in [9.17, 15) is 5.11 Å². The predicted octanol–water partition coefficient (Wildman–Crippen LogP) is 0.614. The Morgan fingerprint density at radius 1 is 1.50 bits per heavy atom. The number of aliphatic hydroxyl groups excluding tert-OH is 1. The van der Waals surface area contributed by atoms with Crippen LogP contribution in [0.1, 0.15) is 25.6 Å². The minimum Gasteiger partial charge on any atom is -0.396 e. The zero-order valence-electron chi connectivity index (χ0n) is 9.56. The molecule has 2 rings (SSSR count). The highest BCUT2D eigenvalue weighted by atomic mass is 16.5. The van der Waals surface area contributed by atoms with E-state index >= 15 is 0 Å². The number of hydrogen-bond donors (Lipinski definition) is 2. The molecule has 1 aromatic rings. The van der Waals surface area contributed by atoms with Gasteiger partial charge in [0.05, 0.1) is 25.2 Å². The average molecular weight is 227 g/mol. The number of nitrogens with one attached hydrogen (secondary N) is 1.